The van der Waals surface area contributed by atoms with Gasteiger partial charge >= 0.3 is 0 Å². The second kappa shape index (κ2) is 4.72. The maximum Gasteiger partial charge on any atom is 0.0831 e. The van der Waals surface area contributed by atoms with E-state index in [4.69, 9.17) is 4.74 Å². The van der Waals surface area contributed by atoms with Gasteiger partial charge in [0.15, 0.2) is 0 Å². The van der Waals surface area contributed by atoms with Crippen LogP contribution in [0, 0.1) is 0 Å². The molecule has 0 aliphatic carbocycles. The zero-order valence-corrected chi connectivity index (χ0v) is 9.75. The van der Waals surface area contributed by atoms with Crippen molar-refractivity contribution >= 4 is 0 Å². The first-order valence-electron chi connectivity index (χ1n) is 6.15. The maximum atomic E-state index is 5.91. The molecule has 3 rings (SSSR count). The van der Waals surface area contributed by atoms with Crippen molar-refractivity contribution in [2.75, 3.05) is 6.61 Å². The number of rotatable bonds is 2. The highest BCUT2D eigenvalue weighted by atomic mass is 16.5. The summed E-state index contributed by atoms with van der Waals surface area (Å²) in [4.78, 5) is 0. The smallest absolute Gasteiger partial charge is 0.0831 e. The molecule has 1 nitrogen and oxygen atoms in total. The largest absolute Gasteiger partial charge is 0.373 e. The van der Waals surface area contributed by atoms with E-state index < -0.39 is 0 Å². The van der Waals surface area contributed by atoms with Crippen LogP contribution in [0.2, 0.25) is 0 Å². The Morgan fingerprint density at radius 2 is 1.35 bits per heavy atom. The minimum atomic E-state index is 0.265. The van der Waals surface area contributed by atoms with Gasteiger partial charge in [0, 0.05) is 5.92 Å². The predicted molar refractivity (Wildman–Crippen MR) is 68.9 cm³/mol. The molecule has 0 N–H and O–H groups in total. The second-order valence-electron chi connectivity index (χ2n) is 4.58. The first-order valence-corrected chi connectivity index (χ1v) is 6.15. The van der Waals surface area contributed by atoms with Gasteiger partial charge in [0.05, 0.1) is 12.7 Å². The molecular weight excluding hydrogens is 208 g/mol. The van der Waals surface area contributed by atoms with Crippen LogP contribution < -0.4 is 0 Å². The second-order valence-corrected chi connectivity index (χ2v) is 4.58. The van der Waals surface area contributed by atoms with E-state index in [1.54, 1.807) is 0 Å². The van der Waals surface area contributed by atoms with Crippen LogP contribution in [0.25, 0.3) is 0 Å². The fourth-order valence-corrected chi connectivity index (χ4v) is 2.48. The van der Waals surface area contributed by atoms with E-state index in [2.05, 4.69) is 54.6 Å². The van der Waals surface area contributed by atoms with Crippen LogP contribution in [0.3, 0.4) is 0 Å². The molecule has 0 radical (unpaired) electrons. The van der Waals surface area contributed by atoms with Crippen molar-refractivity contribution in [2.45, 2.75) is 18.4 Å². The molecule has 0 spiro atoms. The first-order chi connectivity index (χ1) is 8.43. The summed E-state index contributed by atoms with van der Waals surface area (Å²) >= 11 is 0. The van der Waals surface area contributed by atoms with Crippen molar-refractivity contribution in [1.82, 2.24) is 0 Å². The van der Waals surface area contributed by atoms with Crippen LogP contribution in [-0.2, 0) is 4.74 Å². The van der Waals surface area contributed by atoms with Crippen molar-refractivity contribution in [3.05, 3.63) is 71.8 Å². The average Bonchev–Trinajstić information content (AvgIpc) is 2.90. The molecule has 0 unspecified atom stereocenters. The fraction of sp³-hybridized carbons (Fsp3) is 0.250. The van der Waals surface area contributed by atoms with Crippen LogP contribution in [0.15, 0.2) is 60.7 Å². The molecule has 1 aliphatic rings. The lowest BCUT2D eigenvalue weighted by Gasteiger charge is -2.09. The maximum absolute atomic E-state index is 5.91. The molecule has 0 saturated carbocycles. The highest BCUT2D eigenvalue weighted by Gasteiger charge is 2.27. The van der Waals surface area contributed by atoms with Gasteiger partial charge in [-0.15, -0.1) is 0 Å². The molecule has 1 saturated heterocycles. The van der Waals surface area contributed by atoms with Crippen molar-refractivity contribution in [3.8, 4) is 0 Å². The Bertz CT molecular complexity index is 418. The van der Waals surface area contributed by atoms with Gasteiger partial charge in [-0.3, -0.25) is 0 Å². The van der Waals surface area contributed by atoms with Crippen LogP contribution >= 0.6 is 0 Å². The topological polar surface area (TPSA) is 9.23 Å². The van der Waals surface area contributed by atoms with E-state index in [9.17, 15) is 0 Å². The van der Waals surface area contributed by atoms with E-state index in [0.29, 0.717) is 5.92 Å². The Hall–Kier alpha value is -1.60. The number of ether oxygens (including phenoxy) is 1. The molecule has 17 heavy (non-hydrogen) atoms. The minimum absolute atomic E-state index is 0.265. The van der Waals surface area contributed by atoms with Crippen LogP contribution in [0.1, 0.15) is 29.6 Å². The summed E-state index contributed by atoms with van der Waals surface area (Å²) in [6, 6.07) is 21.2. The molecule has 1 fully saturated rings. The lowest BCUT2D eigenvalue weighted by molar-refractivity contribution is 0.110. The number of hydrogen-bond acceptors (Lipinski definition) is 1. The van der Waals surface area contributed by atoms with Gasteiger partial charge in [-0.2, -0.15) is 0 Å². The molecule has 0 bridgehead atoms. The van der Waals surface area contributed by atoms with E-state index in [1.807, 2.05) is 6.07 Å². The van der Waals surface area contributed by atoms with Crippen molar-refractivity contribution in [1.29, 1.82) is 0 Å². The van der Waals surface area contributed by atoms with Gasteiger partial charge in [-0.25, -0.2) is 0 Å². The normalized spacial score (nSPS) is 23.8. The SMILES string of the molecule is c1ccc([C@H]2CO[C@@H](c3ccccc3)C2)cc1. The Morgan fingerprint density at radius 3 is 2.00 bits per heavy atom. The molecule has 86 valence electrons. The van der Waals surface area contributed by atoms with Gasteiger partial charge in [-0.05, 0) is 17.5 Å². The Balaban J connectivity index is 1.75. The molecule has 2 aromatic rings. The monoisotopic (exact) mass is 224 g/mol. The van der Waals surface area contributed by atoms with Crippen molar-refractivity contribution in [3.63, 3.8) is 0 Å². The van der Waals surface area contributed by atoms with Crippen molar-refractivity contribution in [2.24, 2.45) is 0 Å². The third kappa shape index (κ3) is 2.25. The summed E-state index contributed by atoms with van der Waals surface area (Å²) in [6.45, 7) is 0.837. The molecule has 1 heteroatoms. The zero-order valence-electron chi connectivity index (χ0n) is 9.75. The van der Waals surface area contributed by atoms with Crippen LogP contribution in [-0.4, -0.2) is 6.61 Å². The molecule has 1 heterocycles. The summed E-state index contributed by atoms with van der Waals surface area (Å²) in [6.07, 6.45) is 1.36. The van der Waals surface area contributed by atoms with Gasteiger partial charge in [0.25, 0.3) is 0 Å². The third-order valence-electron chi connectivity index (χ3n) is 3.44. The average molecular weight is 224 g/mol. The summed E-state index contributed by atoms with van der Waals surface area (Å²) in [5, 5.41) is 0. The lowest BCUT2D eigenvalue weighted by atomic mass is 9.94. The predicted octanol–water partition coefficient (Wildman–Crippen LogP) is 3.93. The third-order valence-corrected chi connectivity index (χ3v) is 3.44. The fourth-order valence-electron chi connectivity index (χ4n) is 2.48. The molecular formula is C16H16O. The minimum Gasteiger partial charge on any atom is -0.373 e. The Morgan fingerprint density at radius 1 is 0.765 bits per heavy atom. The highest BCUT2D eigenvalue weighted by Crippen LogP contribution is 2.37. The summed E-state index contributed by atoms with van der Waals surface area (Å²) in [5.74, 6) is 0.543. The van der Waals surface area contributed by atoms with Gasteiger partial charge in [0.2, 0.25) is 0 Å². The molecule has 2 aromatic carbocycles. The van der Waals surface area contributed by atoms with E-state index in [0.717, 1.165) is 13.0 Å². The van der Waals surface area contributed by atoms with Crippen molar-refractivity contribution < 1.29 is 4.74 Å². The number of benzene rings is 2. The van der Waals surface area contributed by atoms with Gasteiger partial charge in [0.1, 0.15) is 0 Å². The van der Waals surface area contributed by atoms with Crippen LogP contribution in [0.4, 0.5) is 0 Å². The Labute approximate surface area is 102 Å². The quantitative estimate of drug-likeness (QED) is 0.751. The summed E-state index contributed by atoms with van der Waals surface area (Å²) in [5.41, 5.74) is 2.69. The highest BCUT2D eigenvalue weighted by molar-refractivity contribution is 5.24. The standard InChI is InChI=1S/C16H16O/c1-3-7-13(8-4-1)15-11-16(17-12-15)14-9-5-2-6-10-14/h1-10,15-16H,11-12H2/t15-,16-/m1/s1. The summed E-state index contributed by atoms with van der Waals surface area (Å²) < 4.78 is 5.91. The number of hydrogen-bond donors (Lipinski definition) is 0. The van der Waals surface area contributed by atoms with Gasteiger partial charge in [-0.1, -0.05) is 60.7 Å². The molecule has 2 atom stereocenters. The van der Waals surface area contributed by atoms with E-state index >= 15 is 0 Å². The molecule has 0 aromatic heterocycles. The molecule has 0 amide bonds. The summed E-state index contributed by atoms with van der Waals surface area (Å²) in [7, 11) is 0. The zero-order chi connectivity index (χ0) is 11.5. The Kier molecular flexibility index (Phi) is 2.93. The van der Waals surface area contributed by atoms with Crippen LogP contribution in [0.5, 0.6) is 0 Å². The first kappa shape index (κ1) is 10.5. The molecule has 1 aliphatic heterocycles. The van der Waals surface area contributed by atoms with E-state index in [-0.39, 0.29) is 6.10 Å². The van der Waals surface area contributed by atoms with Gasteiger partial charge < -0.3 is 4.74 Å². The lowest BCUT2D eigenvalue weighted by Crippen LogP contribution is -1.96. The van der Waals surface area contributed by atoms with E-state index in [1.165, 1.54) is 11.1 Å².